The zero-order valence-corrected chi connectivity index (χ0v) is 11.0. The monoisotopic (exact) mass is 308 g/mol. The highest BCUT2D eigenvalue weighted by Gasteiger charge is 2.25. The van der Waals surface area contributed by atoms with Crippen LogP contribution in [0.1, 0.15) is 0 Å². The Morgan fingerprint density at radius 2 is 2.00 bits per heavy atom. The van der Waals surface area contributed by atoms with Gasteiger partial charge in [-0.15, -0.1) is 0 Å². The van der Waals surface area contributed by atoms with Crippen LogP contribution in [0.4, 0.5) is 8.78 Å². The Morgan fingerprint density at radius 1 is 1.32 bits per heavy atom. The summed E-state index contributed by atoms with van der Waals surface area (Å²) in [4.78, 5) is 3.57. The summed E-state index contributed by atoms with van der Waals surface area (Å²) in [5.74, 6) is -2.71. The first-order chi connectivity index (χ1) is 8.81. The van der Waals surface area contributed by atoms with Crippen molar-refractivity contribution in [1.82, 2.24) is 9.55 Å². The van der Waals surface area contributed by atoms with Gasteiger partial charge >= 0.3 is 10.1 Å². The number of hydrogen-bond donors (Lipinski definition) is 0. The standard InChI is InChI=1S/C10H7ClF2N2O3S/c1-15-5-14-10(9(15)11)19(16,17)18-6-2-3-7(12)8(13)4-6/h2-5H,1H3. The van der Waals surface area contributed by atoms with Gasteiger partial charge in [-0.25, -0.2) is 13.8 Å². The minimum atomic E-state index is -4.31. The van der Waals surface area contributed by atoms with Gasteiger partial charge in [-0.2, -0.15) is 8.42 Å². The van der Waals surface area contributed by atoms with Gasteiger partial charge in [0.15, 0.2) is 16.8 Å². The first-order valence-electron chi connectivity index (χ1n) is 4.87. The molecule has 0 atom stereocenters. The van der Waals surface area contributed by atoms with Crippen LogP contribution in [0, 0.1) is 11.6 Å². The maximum atomic E-state index is 12.9. The predicted molar refractivity (Wildman–Crippen MR) is 62.4 cm³/mol. The van der Waals surface area contributed by atoms with Gasteiger partial charge in [-0.05, 0) is 12.1 Å². The summed E-state index contributed by atoms with van der Waals surface area (Å²) >= 11 is 5.72. The molecule has 0 amide bonds. The van der Waals surface area contributed by atoms with Gasteiger partial charge in [-0.3, -0.25) is 0 Å². The van der Waals surface area contributed by atoms with E-state index >= 15 is 0 Å². The molecule has 0 saturated carbocycles. The average Bonchev–Trinajstić information content (AvgIpc) is 2.65. The Morgan fingerprint density at radius 3 is 2.53 bits per heavy atom. The van der Waals surface area contributed by atoms with Crippen LogP contribution < -0.4 is 4.18 Å². The first-order valence-corrected chi connectivity index (χ1v) is 6.66. The number of imidazole rings is 1. The van der Waals surface area contributed by atoms with Gasteiger partial charge in [-0.1, -0.05) is 11.6 Å². The fourth-order valence-corrected chi connectivity index (χ4v) is 2.59. The highest BCUT2D eigenvalue weighted by molar-refractivity contribution is 7.87. The molecule has 0 aliphatic rings. The second kappa shape index (κ2) is 4.78. The van der Waals surface area contributed by atoms with E-state index < -0.39 is 26.8 Å². The van der Waals surface area contributed by atoms with Gasteiger partial charge < -0.3 is 8.75 Å². The lowest BCUT2D eigenvalue weighted by atomic mass is 10.3. The van der Waals surface area contributed by atoms with Crippen LogP contribution in [0.2, 0.25) is 5.15 Å². The fourth-order valence-electron chi connectivity index (χ4n) is 1.26. The number of benzene rings is 1. The quantitative estimate of drug-likeness (QED) is 0.815. The molecule has 9 heteroatoms. The van der Waals surface area contributed by atoms with Crippen molar-refractivity contribution in [3.05, 3.63) is 41.3 Å². The Bertz CT molecular complexity index is 730. The van der Waals surface area contributed by atoms with Gasteiger partial charge in [0.2, 0.25) is 5.03 Å². The van der Waals surface area contributed by atoms with Crippen LogP contribution in [-0.4, -0.2) is 18.0 Å². The highest BCUT2D eigenvalue weighted by atomic mass is 35.5. The van der Waals surface area contributed by atoms with E-state index in [9.17, 15) is 17.2 Å². The second-order valence-corrected chi connectivity index (χ2v) is 5.38. The second-order valence-electron chi connectivity index (χ2n) is 3.56. The molecule has 5 nitrogen and oxygen atoms in total. The van der Waals surface area contributed by atoms with Gasteiger partial charge in [0, 0.05) is 13.1 Å². The maximum absolute atomic E-state index is 12.9. The van der Waals surface area contributed by atoms with Crippen molar-refractivity contribution in [3.63, 3.8) is 0 Å². The van der Waals surface area contributed by atoms with E-state index in [1.54, 1.807) is 0 Å². The molecule has 1 aromatic carbocycles. The first kappa shape index (κ1) is 13.8. The molecule has 19 heavy (non-hydrogen) atoms. The van der Waals surface area contributed by atoms with Crippen LogP contribution in [0.25, 0.3) is 0 Å². The van der Waals surface area contributed by atoms with E-state index in [1.807, 2.05) is 0 Å². The summed E-state index contributed by atoms with van der Waals surface area (Å²) in [5, 5.41) is -0.649. The molecular formula is C10H7ClF2N2O3S. The summed E-state index contributed by atoms with van der Waals surface area (Å²) in [6, 6.07) is 2.34. The average molecular weight is 309 g/mol. The molecule has 0 radical (unpaired) electrons. The van der Waals surface area contributed by atoms with E-state index in [0.29, 0.717) is 6.07 Å². The molecule has 0 unspecified atom stereocenters. The Hall–Kier alpha value is -1.67. The smallest absolute Gasteiger partial charge is 0.360 e. The third-order valence-electron chi connectivity index (χ3n) is 2.17. The van der Waals surface area contributed by atoms with Crippen LogP contribution >= 0.6 is 11.6 Å². The summed E-state index contributed by atoms with van der Waals surface area (Å²) in [7, 11) is -2.81. The van der Waals surface area contributed by atoms with E-state index in [-0.39, 0.29) is 10.9 Å². The van der Waals surface area contributed by atoms with Crippen LogP contribution in [0.3, 0.4) is 0 Å². The molecule has 2 rings (SSSR count). The number of nitrogens with zero attached hydrogens (tertiary/aromatic N) is 2. The van der Waals surface area contributed by atoms with Crippen LogP contribution in [0.15, 0.2) is 29.6 Å². The Balaban J connectivity index is 2.36. The summed E-state index contributed by atoms with van der Waals surface area (Å²) in [5.41, 5.74) is 0. The third-order valence-corrected chi connectivity index (χ3v) is 3.91. The number of hydrogen-bond acceptors (Lipinski definition) is 4. The molecule has 0 aliphatic heterocycles. The van der Waals surface area contributed by atoms with E-state index in [0.717, 1.165) is 12.1 Å². The van der Waals surface area contributed by atoms with Crippen molar-refractivity contribution in [2.24, 2.45) is 7.05 Å². The van der Waals surface area contributed by atoms with Gasteiger partial charge in [0.25, 0.3) is 0 Å². The number of rotatable bonds is 3. The molecular weight excluding hydrogens is 302 g/mol. The fraction of sp³-hybridized carbons (Fsp3) is 0.100. The molecule has 0 N–H and O–H groups in total. The zero-order chi connectivity index (χ0) is 14.2. The zero-order valence-electron chi connectivity index (χ0n) is 9.47. The van der Waals surface area contributed by atoms with Crippen molar-refractivity contribution in [3.8, 4) is 5.75 Å². The minimum Gasteiger partial charge on any atom is -0.378 e. The Kier molecular flexibility index (Phi) is 3.46. The van der Waals surface area contributed by atoms with Crippen molar-refractivity contribution in [2.45, 2.75) is 5.03 Å². The third kappa shape index (κ3) is 2.69. The van der Waals surface area contributed by atoms with E-state index in [2.05, 4.69) is 9.17 Å². The summed E-state index contributed by atoms with van der Waals surface area (Å²) in [6.07, 6.45) is 1.18. The molecule has 0 aliphatic carbocycles. The highest BCUT2D eigenvalue weighted by Crippen LogP contribution is 2.24. The summed E-state index contributed by atoms with van der Waals surface area (Å²) in [6.45, 7) is 0. The normalized spacial score (nSPS) is 11.6. The number of aromatic nitrogens is 2. The lowest BCUT2D eigenvalue weighted by molar-refractivity contribution is 0.470. The summed E-state index contributed by atoms with van der Waals surface area (Å²) < 4.78 is 55.2. The van der Waals surface area contributed by atoms with Crippen molar-refractivity contribution < 1.29 is 21.4 Å². The van der Waals surface area contributed by atoms with Crippen molar-refractivity contribution >= 4 is 21.7 Å². The topological polar surface area (TPSA) is 61.2 Å². The maximum Gasteiger partial charge on any atom is 0.360 e. The predicted octanol–water partition coefficient (Wildman–Crippen LogP) is 2.12. The SMILES string of the molecule is Cn1cnc(S(=O)(=O)Oc2ccc(F)c(F)c2)c1Cl. The number of halogens is 3. The van der Waals surface area contributed by atoms with Crippen molar-refractivity contribution in [2.75, 3.05) is 0 Å². The minimum absolute atomic E-state index is 0.150. The molecule has 2 aromatic rings. The molecule has 0 spiro atoms. The lowest BCUT2D eigenvalue weighted by Gasteiger charge is -2.05. The van der Waals surface area contributed by atoms with Gasteiger partial charge in [0.1, 0.15) is 5.75 Å². The van der Waals surface area contributed by atoms with Gasteiger partial charge in [0.05, 0.1) is 6.33 Å². The van der Waals surface area contributed by atoms with E-state index in [1.165, 1.54) is 17.9 Å². The molecule has 0 fully saturated rings. The Labute approximate surface area is 112 Å². The van der Waals surface area contributed by atoms with Crippen LogP contribution in [-0.2, 0) is 17.2 Å². The number of aryl methyl sites for hydroxylation is 1. The molecule has 1 aromatic heterocycles. The molecule has 0 bridgehead atoms. The van der Waals surface area contributed by atoms with Crippen LogP contribution in [0.5, 0.6) is 5.75 Å². The van der Waals surface area contributed by atoms with E-state index in [4.69, 9.17) is 11.6 Å². The molecule has 102 valence electrons. The lowest BCUT2D eigenvalue weighted by Crippen LogP contribution is -2.11. The largest absolute Gasteiger partial charge is 0.378 e. The molecule has 0 saturated heterocycles. The van der Waals surface area contributed by atoms with Crippen molar-refractivity contribution in [1.29, 1.82) is 0 Å². The molecule has 1 heterocycles.